The number of hydrogen-bond donors (Lipinski definition) is 1. The van der Waals surface area contributed by atoms with Crippen LogP contribution in [0.1, 0.15) is 6.92 Å². The van der Waals surface area contributed by atoms with Gasteiger partial charge in [0.05, 0.1) is 12.8 Å². The third-order valence-corrected chi connectivity index (χ3v) is 2.46. The summed E-state index contributed by atoms with van der Waals surface area (Å²) in [6.07, 6.45) is 0. The number of nitrogens with one attached hydrogen (secondary N) is 1. The van der Waals surface area contributed by atoms with E-state index in [2.05, 4.69) is 5.32 Å². The molecule has 4 nitrogen and oxygen atoms in total. The Morgan fingerprint density at radius 1 is 1.38 bits per heavy atom. The molecule has 0 aliphatic heterocycles. The summed E-state index contributed by atoms with van der Waals surface area (Å²) in [6.45, 7) is 1.26. The van der Waals surface area contributed by atoms with E-state index in [1.54, 1.807) is 24.3 Å². The molecule has 0 saturated carbocycles. The Hall–Kier alpha value is -1.55. The molecule has 0 heterocycles. The van der Waals surface area contributed by atoms with Crippen molar-refractivity contribution < 1.29 is 14.3 Å². The van der Waals surface area contributed by atoms with Gasteiger partial charge < -0.3 is 10.1 Å². The molecular weight excluding hydrogens is 230 g/mol. The molecule has 1 aromatic rings. The molecule has 0 fully saturated rings. The molecule has 0 bridgehead atoms. The Labute approximate surface area is 98.5 Å². The number of para-hydroxylation sites is 2. The smallest absolute Gasteiger partial charge is 0.250 e. The molecule has 0 aliphatic carbocycles. The topological polar surface area (TPSA) is 55.4 Å². The van der Waals surface area contributed by atoms with Gasteiger partial charge in [-0.15, -0.1) is 11.6 Å². The molecule has 86 valence electrons. The molecular formula is C11H12ClNO3. The molecule has 1 N–H and O–H groups in total. The number of Topliss-reactive ketones (excluding diaryl/α,β-unsaturated/α-hetero) is 1. The monoisotopic (exact) mass is 241 g/mol. The lowest BCUT2D eigenvalue weighted by atomic mass is 10.2. The lowest BCUT2D eigenvalue weighted by Gasteiger charge is -2.11. The van der Waals surface area contributed by atoms with E-state index < -0.39 is 17.1 Å². The number of ether oxygens (including phenoxy) is 1. The van der Waals surface area contributed by atoms with Crippen LogP contribution in [0, 0.1) is 0 Å². The zero-order chi connectivity index (χ0) is 12.1. The average molecular weight is 242 g/mol. The summed E-state index contributed by atoms with van der Waals surface area (Å²) < 4.78 is 5.04. The molecule has 5 heteroatoms. The Morgan fingerprint density at radius 3 is 2.56 bits per heavy atom. The van der Waals surface area contributed by atoms with Crippen molar-refractivity contribution in [3.05, 3.63) is 24.3 Å². The van der Waals surface area contributed by atoms with Crippen LogP contribution in [0.25, 0.3) is 0 Å². The number of hydrogen-bond acceptors (Lipinski definition) is 3. The highest BCUT2D eigenvalue weighted by Gasteiger charge is 2.20. The Kier molecular flexibility index (Phi) is 4.31. The van der Waals surface area contributed by atoms with Crippen molar-refractivity contribution in [2.45, 2.75) is 12.3 Å². The highest BCUT2D eigenvalue weighted by Crippen LogP contribution is 2.23. The van der Waals surface area contributed by atoms with Crippen LogP contribution in [-0.4, -0.2) is 24.2 Å². The van der Waals surface area contributed by atoms with Crippen LogP contribution >= 0.6 is 11.6 Å². The minimum absolute atomic E-state index is 0.394. The summed E-state index contributed by atoms with van der Waals surface area (Å²) in [6, 6.07) is 6.89. The maximum Gasteiger partial charge on any atom is 0.250 e. The van der Waals surface area contributed by atoms with E-state index in [1.807, 2.05) is 0 Å². The van der Waals surface area contributed by atoms with Gasteiger partial charge in [-0.05, 0) is 19.1 Å². The van der Waals surface area contributed by atoms with Crippen LogP contribution in [0.15, 0.2) is 24.3 Å². The van der Waals surface area contributed by atoms with E-state index in [9.17, 15) is 9.59 Å². The van der Waals surface area contributed by atoms with Crippen LogP contribution in [0.3, 0.4) is 0 Å². The van der Waals surface area contributed by atoms with Gasteiger partial charge in [0, 0.05) is 0 Å². The normalized spacial score (nSPS) is 11.7. The van der Waals surface area contributed by atoms with Crippen molar-refractivity contribution in [3.63, 3.8) is 0 Å². The fourth-order valence-corrected chi connectivity index (χ4v) is 1.18. The van der Waals surface area contributed by atoms with Crippen LogP contribution in [0.2, 0.25) is 0 Å². The number of carbonyl (C=O) groups is 2. The lowest BCUT2D eigenvalue weighted by molar-refractivity contribution is -0.123. The molecule has 0 aliphatic rings. The molecule has 0 radical (unpaired) electrons. The van der Waals surface area contributed by atoms with Gasteiger partial charge in [0.2, 0.25) is 5.91 Å². The van der Waals surface area contributed by atoms with Crippen molar-refractivity contribution in [1.82, 2.24) is 0 Å². The van der Waals surface area contributed by atoms with Gasteiger partial charge in [0.25, 0.3) is 0 Å². The van der Waals surface area contributed by atoms with Gasteiger partial charge in [-0.2, -0.15) is 0 Å². The van der Waals surface area contributed by atoms with Gasteiger partial charge in [-0.3, -0.25) is 9.59 Å². The second kappa shape index (κ2) is 5.51. The number of anilines is 1. The molecule has 1 atom stereocenters. The number of ketones is 1. The zero-order valence-corrected chi connectivity index (χ0v) is 9.75. The Balaban J connectivity index is 2.80. The van der Waals surface area contributed by atoms with Crippen molar-refractivity contribution in [2.24, 2.45) is 0 Å². The van der Waals surface area contributed by atoms with Gasteiger partial charge >= 0.3 is 0 Å². The predicted molar refractivity (Wildman–Crippen MR) is 61.9 cm³/mol. The molecule has 1 rings (SSSR count). The molecule has 16 heavy (non-hydrogen) atoms. The summed E-state index contributed by atoms with van der Waals surface area (Å²) >= 11 is 5.61. The van der Waals surface area contributed by atoms with Crippen LogP contribution < -0.4 is 10.1 Å². The van der Waals surface area contributed by atoms with Crippen molar-refractivity contribution in [1.29, 1.82) is 0 Å². The molecule has 0 unspecified atom stereocenters. The summed E-state index contributed by atoms with van der Waals surface area (Å²) in [4.78, 5) is 22.4. The summed E-state index contributed by atoms with van der Waals surface area (Å²) in [7, 11) is 1.49. The third kappa shape index (κ3) is 2.97. The van der Waals surface area contributed by atoms with Crippen molar-refractivity contribution in [3.8, 4) is 5.75 Å². The van der Waals surface area contributed by atoms with Gasteiger partial charge in [-0.25, -0.2) is 0 Å². The second-order valence-corrected chi connectivity index (χ2v) is 3.60. The van der Waals surface area contributed by atoms with E-state index in [1.165, 1.54) is 14.0 Å². The van der Waals surface area contributed by atoms with Crippen molar-refractivity contribution in [2.75, 3.05) is 12.4 Å². The molecule has 0 aromatic heterocycles. The van der Waals surface area contributed by atoms with E-state index in [0.29, 0.717) is 11.4 Å². The van der Waals surface area contributed by atoms with Gasteiger partial charge in [0.1, 0.15) is 5.75 Å². The van der Waals surface area contributed by atoms with Crippen LogP contribution in [0.4, 0.5) is 5.69 Å². The van der Waals surface area contributed by atoms with Crippen LogP contribution in [-0.2, 0) is 9.59 Å². The maximum atomic E-state index is 11.5. The molecule has 0 saturated heterocycles. The highest BCUT2D eigenvalue weighted by atomic mass is 35.5. The SMILES string of the molecule is COc1ccccc1NC(=O)[C@@H](Cl)C(C)=O. The van der Waals surface area contributed by atoms with E-state index >= 15 is 0 Å². The first-order chi connectivity index (χ1) is 7.56. The highest BCUT2D eigenvalue weighted by molar-refractivity contribution is 6.43. The fourth-order valence-electron chi connectivity index (χ4n) is 1.13. The quantitative estimate of drug-likeness (QED) is 0.646. The first-order valence-electron chi connectivity index (χ1n) is 4.64. The number of alkyl halides is 1. The first kappa shape index (κ1) is 12.5. The first-order valence-corrected chi connectivity index (χ1v) is 5.08. The fraction of sp³-hybridized carbons (Fsp3) is 0.273. The largest absolute Gasteiger partial charge is 0.495 e. The van der Waals surface area contributed by atoms with E-state index in [-0.39, 0.29) is 0 Å². The molecule has 0 spiro atoms. The molecule has 1 amide bonds. The predicted octanol–water partition coefficient (Wildman–Crippen LogP) is 1.83. The van der Waals surface area contributed by atoms with E-state index in [0.717, 1.165) is 0 Å². The average Bonchev–Trinajstić information content (AvgIpc) is 2.28. The van der Waals surface area contributed by atoms with E-state index in [4.69, 9.17) is 16.3 Å². The number of carbonyl (C=O) groups excluding carboxylic acids is 2. The summed E-state index contributed by atoms with van der Waals surface area (Å²) in [5.41, 5.74) is 0.488. The summed E-state index contributed by atoms with van der Waals surface area (Å²) in [5.74, 6) is -0.434. The number of methoxy groups -OCH3 is 1. The summed E-state index contributed by atoms with van der Waals surface area (Å²) in [5, 5.41) is 1.35. The van der Waals surface area contributed by atoms with Crippen molar-refractivity contribution >= 4 is 29.0 Å². The number of benzene rings is 1. The minimum Gasteiger partial charge on any atom is -0.495 e. The Morgan fingerprint density at radius 2 is 2.00 bits per heavy atom. The number of rotatable bonds is 4. The van der Waals surface area contributed by atoms with Gasteiger partial charge in [-0.1, -0.05) is 12.1 Å². The minimum atomic E-state index is -1.18. The number of amides is 1. The Bertz CT molecular complexity index is 406. The number of halogens is 1. The second-order valence-electron chi connectivity index (χ2n) is 3.16. The lowest BCUT2D eigenvalue weighted by Crippen LogP contribution is -2.28. The third-order valence-electron chi connectivity index (χ3n) is 1.95. The van der Waals surface area contributed by atoms with Gasteiger partial charge in [0.15, 0.2) is 11.2 Å². The molecule has 1 aromatic carbocycles. The zero-order valence-electron chi connectivity index (χ0n) is 8.99. The maximum absolute atomic E-state index is 11.5. The van der Waals surface area contributed by atoms with Crippen LogP contribution in [0.5, 0.6) is 5.75 Å². The standard InChI is InChI=1S/C11H12ClNO3/c1-7(14)10(12)11(15)13-8-5-3-4-6-9(8)16-2/h3-6,10H,1-2H3,(H,13,15)/t10-/m0/s1.